The highest BCUT2D eigenvalue weighted by Crippen LogP contribution is 2.45. The predicted octanol–water partition coefficient (Wildman–Crippen LogP) is 2.72. The first-order chi connectivity index (χ1) is 14.2. The Labute approximate surface area is 175 Å². The number of benzene rings is 1. The highest BCUT2D eigenvalue weighted by Gasteiger charge is 2.49. The molecule has 1 atom stereocenters. The zero-order chi connectivity index (χ0) is 21.5. The van der Waals surface area contributed by atoms with E-state index in [1.165, 1.54) is 6.33 Å². The minimum atomic E-state index is -0.523. The normalized spacial score (nSPS) is 20.9. The highest BCUT2D eigenvalue weighted by atomic mass is 16.5. The molecule has 2 amide bonds. The third-order valence-electron chi connectivity index (χ3n) is 5.92. The molecule has 30 heavy (non-hydrogen) atoms. The predicted molar refractivity (Wildman–Crippen MR) is 113 cm³/mol. The van der Waals surface area contributed by atoms with Crippen molar-refractivity contribution in [2.75, 3.05) is 16.8 Å². The SMILES string of the molecule is CC(C)(C)Nc1cc(N2CC[C@]3(CCc4cc(C(=O)NO)ccc4C3)C2=O)ncn1. The molecule has 2 heterocycles. The van der Waals surface area contributed by atoms with E-state index >= 15 is 0 Å². The van der Waals surface area contributed by atoms with E-state index in [2.05, 4.69) is 36.1 Å². The van der Waals surface area contributed by atoms with Crippen molar-refractivity contribution < 1.29 is 14.8 Å². The number of carbonyl (C=O) groups excluding carboxylic acids is 2. The largest absolute Gasteiger partial charge is 0.365 e. The molecule has 1 aromatic carbocycles. The highest BCUT2D eigenvalue weighted by molar-refractivity contribution is 6.00. The first-order valence-electron chi connectivity index (χ1n) is 10.2. The van der Waals surface area contributed by atoms with Gasteiger partial charge in [0.25, 0.3) is 5.91 Å². The molecule has 1 aromatic heterocycles. The number of aryl methyl sites for hydroxylation is 1. The van der Waals surface area contributed by atoms with Gasteiger partial charge in [-0.05, 0) is 69.7 Å². The van der Waals surface area contributed by atoms with E-state index in [9.17, 15) is 9.59 Å². The lowest BCUT2D eigenvalue weighted by Gasteiger charge is -2.33. The molecule has 0 unspecified atom stereocenters. The summed E-state index contributed by atoms with van der Waals surface area (Å²) in [6.07, 6.45) is 4.37. The molecule has 1 spiro atoms. The third-order valence-corrected chi connectivity index (χ3v) is 5.92. The Hall–Kier alpha value is -3.00. The number of nitrogens with zero attached hydrogens (tertiary/aromatic N) is 3. The molecule has 8 nitrogen and oxygen atoms in total. The minimum absolute atomic E-state index is 0.103. The Morgan fingerprint density at radius 3 is 2.70 bits per heavy atom. The van der Waals surface area contributed by atoms with Crippen LogP contribution in [0.1, 0.15) is 55.1 Å². The zero-order valence-corrected chi connectivity index (χ0v) is 17.5. The van der Waals surface area contributed by atoms with Gasteiger partial charge in [0.2, 0.25) is 5.91 Å². The summed E-state index contributed by atoms with van der Waals surface area (Å²) in [6.45, 7) is 6.80. The second-order valence-electron chi connectivity index (χ2n) is 9.22. The number of fused-ring (bicyclic) bond motifs is 1. The molecule has 2 aliphatic rings. The second-order valence-corrected chi connectivity index (χ2v) is 9.22. The van der Waals surface area contributed by atoms with Crippen molar-refractivity contribution in [3.05, 3.63) is 47.3 Å². The number of nitrogens with one attached hydrogen (secondary N) is 2. The minimum Gasteiger partial charge on any atom is -0.365 e. The van der Waals surface area contributed by atoms with Crippen molar-refractivity contribution in [2.24, 2.45) is 5.41 Å². The van der Waals surface area contributed by atoms with Crippen LogP contribution >= 0.6 is 0 Å². The van der Waals surface area contributed by atoms with Crippen LogP contribution in [0.2, 0.25) is 0 Å². The van der Waals surface area contributed by atoms with Crippen LogP contribution in [0.3, 0.4) is 0 Å². The Balaban J connectivity index is 1.55. The average molecular weight is 409 g/mol. The maximum Gasteiger partial charge on any atom is 0.274 e. The standard InChI is InChI=1S/C22H27N5O3/c1-21(2,3)25-17-11-18(24-13-23-17)27-9-8-22(20(27)29)7-6-14-10-15(19(28)26-30)4-5-16(14)12-22/h4-5,10-11,13,30H,6-9,12H2,1-3H3,(H,26,28)(H,23,24,25)/t22-/m0/s1. The van der Waals surface area contributed by atoms with E-state index in [4.69, 9.17) is 5.21 Å². The van der Waals surface area contributed by atoms with Crippen LogP contribution < -0.4 is 15.7 Å². The maximum atomic E-state index is 13.5. The fraction of sp³-hybridized carbons (Fsp3) is 0.455. The fourth-order valence-electron chi connectivity index (χ4n) is 4.45. The summed E-state index contributed by atoms with van der Waals surface area (Å²) in [4.78, 5) is 35.5. The molecule has 1 aliphatic carbocycles. The molecule has 158 valence electrons. The quantitative estimate of drug-likeness (QED) is 0.531. The van der Waals surface area contributed by atoms with Gasteiger partial charge >= 0.3 is 0 Å². The van der Waals surface area contributed by atoms with Gasteiger partial charge in [0.15, 0.2) is 0 Å². The fourth-order valence-corrected chi connectivity index (χ4v) is 4.45. The second kappa shape index (κ2) is 7.36. The Bertz CT molecular complexity index is 1000. The number of amides is 2. The van der Waals surface area contributed by atoms with Crippen LogP contribution in [0.25, 0.3) is 0 Å². The van der Waals surface area contributed by atoms with Crippen LogP contribution in [0, 0.1) is 5.41 Å². The van der Waals surface area contributed by atoms with Gasteiger partial charge in [0.05, 0.1) is 5.41 Å². The van der Waals surface area contributed by atoms with E-state index in [1.54, 1.807) is 22.5 Å². The van der Waals surface area contributed by atoms with Crippen LogP contribution in [-0.4, -0.2) is 39.1 Å². The van der Waals surface area contributed by atoms with Crippen LogP contribution in [0.4, 0.5) is 11.6 Å². The summed E-state index contributed by atoms with van der Waals surface area (Å²) in [5, 5.41) is 12.2. The Morgan fingerprint density at radius 2 is 1.97 bits per heavy atom. The molecule has 1 saturated heterocycles. The van der Waals surface area contributed by atoms with E-state index in [0.717, 1.165) is 30.4 Å². The van der Waals surface area contributed by atoms with Crippen LogP contribution in [0.5, 0.6) is 0 Å². The van der Waals surface area contributed by atoms with Crippen LogP contribution in [0.15, 0.2) is 30.6 Å². The van der Waals surface area contributed by atoms with Crippen LogP contribution in [-0.2, 0) is 17.6 Å². The molecule has 0 radical (unpaired) electrons. The number of carbonyl (C=O) groups is 2. The van der Waals surface area contributed by atoms with E-state index in [-0.39, 0.29) is 11.4 Å². The maximum absolute atomic E-state index is 13.5. The number of aromatic nitrogens is 2. The first-order valence-corrected chi connectivity index (χ1v) is 10.2. The smallest absolute Gasteiger partial charge is 0.274 e. The van der Waals surface area contributed by atoms with Crippen molar-refractivity contribution in [2.45, 2.75) is 52.0 Å². The lowest BCUT2D eigenvalue weighted by molar-refractivity contribution is -0.126. The molecular formula is C22H27N5O3. The molecule has 2 aromatic rings. The summed E-state index contributed by atoms with van der Waals surface area (Å²) in [7, 11) is 0. The van der Waals surface area contributed by atoms with Gasteiger partial charge in [-0.15, -0.1) is 0 Å². The Morgan fingerprint density at radius 1 is 1.17 bits per heavy atom. The lowest BCUT2D eigenvalue weighted by atomic mass is 9.70. The molecule has 8 heteroatoms. The van der Waals surface area contributed by atoms with Crippen molar-refractivity contribution in [3.8, 4) is 0 Å². The molecule has 4 rings (SSSR count). The number of hydrogen-bond acceptors (Lipinski definition) is 6. The van der Waals surface area contributed by atoms with Crippen molar-refractivity contribution >= 4 is 23.5 Å². The van der Waals surface area contributed by atoms with Gasteiger partial charge in [-0.25, -0.2) is 15.4 Å². The van der Waals surface area contributed by atoms with Gasteiger partial charge in [-0.1, -0.05) is 6.07 Å². The monoisotopic (exact) mass is 409 g/mol. The van der Waals surface area contributed by atoms with Gasteiger partial charge in [0.1, 0.15) is 18.0 Å². The molecule has 1 fully saturated rings. The van der Waals surface area contributed by atoms with E-state index < -0.39 is 11.3 Å². The zero-order valence-electron chi connectivity index (χ0n) is 17.5. The topological polar surface area (TPSA) is 107 Å². The van der Waals surface area contributed by atoms with Gasteiger partial charge in [0, 0.05) is 23.7 Å². The number of hydroxylamine groups is 1. The molecule has 1 aliphatic heterocycles. The van der Waals surface area contributed by atoms with Gasteiger partial charge in [-0.2, -0.15) is 0 Å². The van der Waals surface area contributed by atoms with Crippen molar-refractivity contribution in [3.63, 3.8) is 0 Å². The summed E-state index contributed by atoms with van der Waals surface area (Å²) in [6, 6.07) is 7.22. The number of rotatable bonds is 3. The number of hydrogen-bond donors (Lipinski definition) is 3. The third kappa shape index (κ3) is 3.75. The molecular weight excluding hydrogens is 382 g/mol. The molecule has 0 saturated carbocycles. The summed E-state index contributed by atoms with van der Waals surface area (Å²) in [5.74, 6) is 0.902. The van der Waals surface area contributed by atoms with Gasteiger partial charge in [-0.3, -0.25) is 19.7 Å². The van der Waals surface area contributed by atoms with Gasteiger partial charge < -0.3 is 5.32 Å². The Kier molecular flexibility index (Phi) is 4.97. The van der Waals surface area contributed by atoms with Crippen molar-refractivity contribution in [1.82, 2.24) is 15.4 Å². The average Bonchev–Trinajstić information content (AvgIpc) is 3.01. The summed E-state index contributed by atoms with van der Waals surface area (Å²) < 4.78 is 0. The summed E-state index contributed by atoms with van der Waals surface area (Å²) >= 11 is 0. The molecule has 3 N–H and O–H groups in total. The molecule has 0 bridgehead atoms. The first kappa shape index (κ1) is 20.3. The number of anilines is 2. The van der Waals surface area contributed by atoms with E-state index in [1.807, 2.05) is 12.1 Å². The van der Waals surface area contributed by atoms with Crippen molar-refractivity contribution in [1.29, 1.82) is 0 Å². The van der Waals surface area contributed by atoms with E-state index in [0.29, 0.717) is 30.2 Å². The lowest BCUT2D eigenvalue weighted by Crippen LogP contribution is -2.39. The summed E-state index contributed by atoms with van der Waals surface area (Å²) in [5.41, 5.74) is 3.67.